The molecule has 4 nitrogen and oxygen atoms in total. The average Bonchev–Trinajstić information content (AvgIpc) is 2.76. The third-order valence-corrected chi connectivity index (χ3v) is 6.14. The highest BCUT2D eigenvalue weighted by Crippen LogP contribution is 2.13. The zero-order valence-electron chi connectivity index (χ0n) is 22.6. The van der Waals surface area contributed by atoms with Gasteiger partial charge in [0.25, 0.3) is 0 Å². The number of hydrogen-bond donors (Lipinski definition) is 0. The molecule has 0 saturated carbocycles. The van der Waals surface area contributed by atoms with Gasteiger partial charge in [-0.25, -0.2) is 0 Å². The molecule has 0 atom stereocenters. The van der Waals surface area contributed by atoms with Gasteiger partial charge >= 0.3 is 11.9 Å². The van der Waals surface area contributed by atoms with Gasteiger partial charge in [0.15, 0.2) is 0 Å². The Kier molecular flexibility index (Phi) is 23.3. The molecule has 0 aliphatic rings. The van der Waals surface area contributed by atoms with Crippen LogP contribution in [-0.4, -0.2) is 25.2 Å². The average molecular weight is 469 g/mol. The normalized spacial score (nSPS) is 11.3. The van der Waals surface area contributed by atoms with Crippen LogP contribution >= 0.6 is 0 Å². The van der Waals surface area contributed by atoms with Crippen molar-refractivity contribution in [1.82, 2.24) is 0 Å². The van der Waals surface area contributed by atoms with Gasteiger partial charge in [0.05, 0.1) is 13.2 Å². The van der Waals surface area contributed by atoms with E-state index in [0.29, 0.717) is 26.1 Å². The van der Waals surface area contributed by atoms with E-state index in [1.54, 1.807) is 0 Å². The molecular weight excluding hydrogens is 412 g/mol. The van der Waals surface area contributed by atoms with Crippen molar-refractivity contribution in [2.24, 2.45) is 11.8 Å². The van der Waals surface area contributed by atoms with Crippen molar-refractivity contribution >= 4 is 11.9 Å². The number of rotatable bonds is 24. The Bertz CT molecular complexity index is 405. The number of carbonyl (C=O) groups is 2. The maximum absolute atomic E-state index is 11.7. The molecule has 0 aromatic heterocycles. The largest absolute Gasteiger partial charge is 0.466 e. The molecule has 4 heteroatoms. The molecule has 0 N–H and O–H groups in total. The number of esters is 2. The molecule has 0 saturated heterocycles. The van der Waals surface area contributed by atoms with Gasteiger partial charge in [0.2, 0.25) is 0 Å². The minimum absolute atomic E-state index is 0.0245. The van der Waals surface area contributed by atoms with Crippen LogP contribution in [0.2, 0.25) is 0 Å². The molecule has 0 bridgehead atoms. The number of hydrogen-bond acceptors (Lipinski definition) is 4. The molecule has 0 aliphatic heterocycles. The highest BCUT2D eigenvalue weighted by molar-refractivity contribution is 5.69. The fourth-order valence-corrected chi connectivity index (χ4v) is 3.96. The first-order valence-electron chi connectivity index (χ1n) is 14.2. The van der Waals surface area contributed by atoms with Crippen molar-refractivity contribution in [1.29, 1.82) is 0 Å². The molecule has 0 unspecified atom stereocenters. The van der Waals surface area contributed by atoms with E-state index < -0.39 is 0 Å². The number of unbranched alkanes of at least 4 members (excludes halogenated alkanes) is 12. The summed E-state index contributed by atoms with van der Waals surface area (Å²) in [5, 5.41) is 0. The van der Waals surface area contributed by atoms with Gasteiger partial charge in [-0.2, -0.15) is 0 Å². The van der Waals surface area contributed by atoms with Crippen LogP contribution in [0.5, 0.6) is 0 Å². The molecule has 0 amide bonds. The summed E-state index contributed by atoms with van der Waals surface area (Å²) in [6, 6.07) is 0. The van der Waals surface area contributed by atoms with E-state index in [4.69, 9.17) is 9.47 Å². The first-order chi connectivity index (χ1) is 15.9. The molecule has 0 aliphatic carbocycles. The van der Waals surface area contributed by atoms with E-state index in [1.807, 2.05) is 0 Å². The Hall–Kier alpha value is -1.06. The van der Waals surface area contributed by atoms with Gasteiger partial charge in [-0.1, -0.05) is 111 Å². The van der Waals surface area contributed by atoms with Crippen molar-refractivity contribution in [3.63, 3.8) is 0 Å². The Labute approximate surface area is 206 Å². The van der Waals surface area contributed by atoms with E-state index in [-0.39, 0.29) is 11.9 Å². The van der Waals surface area contributed by atoms with E-state index in [1.165, 1.54) is 57.8 Å². The molecular formula is C29H56O4. The van der Waals surface area contributed by atoms with Gasteiger partial charge in [0, 0.05) is 12.8 Å². The van der Waals surface area contributed by atoms with Crippen molar-refractivity contribution in [3.8, 4) is 0 Å². The van der Waals surface area contributed by atoms with Crippen LogP contribution in [0.1, 0.15) is 150 Å². The van der Waals surface area contributed by atoms with Crippen LogP contribution in [0.4, 0.5) is 0 Å². The summed E-state index contributed by atoms with van der Waals surface area (Å²) in [5.74, 6) is 1.48. The summed E-state index contributed by atoms with van der Waals surface area (Å²) in [6.07, 6.45) is 20.7. The molecule has 0 fully saturated rings. The minimum Gasteiger partial charge on any atom is -0.466 e. The summed E-state index contributed by atoms with van der Waals surface area (Å²) >= 11 is 0. The minimum atomic E-state index is -0.0245. The number of ether oxygens (including phenoxy) is 2. The van der Waals surface area contributed by atoms with E-state index in [9.17, 15) is 9.59 Å². The summed E-state index contributed by atoms with van der Waals surface area (Å²) in [7, 11) is 0. The monoisotopic (exact) mass is 468 g/mol. The fraction of sp³-hybridized carbons (Fsp3) is 0.931. The second kappa shape index (κ2) is 24.1. The highest BCUT2D eigenvalue weighted by atomic mass is 16.5. The Balaban J connectivity index is 3.25. The first kappa shape index (κ1) is 31.9. The second-order valence-corrected chi connectivity index (χ2v) is 10.6. The maximum Gasteiger partial charge on any atom is 0.305 e. The Morgan fingerprint density at radius 3 is 1.09 bits per heavy atom. The predicted octanol–water partition coefficient (Wildman–Crippen LogP) is 8.80. The van der Waals surface area contributed by atoms with Crippen molar-refractivity contribution < 1.29 is 19.1 Å². The zero-order valence-corrected chi connectivity index (χ0v) is 22.6. The second-order valence-electron chi connectivity index (χ2n) is 10.6. The molecule has 0 heterocycles. The number of carbonyl (C=O) groups excluding carboxylic acids is 2. The van der Waals surface area contributed by atoms with Gasteiger partial charge in [0.1, 0.15) is 0 Å². The van der Waals surface area contributed by atoms with Crippen LogP contribution in [0.15, 0.2) is 0 Å². The van der Waals surface area contributed by atoms with Crippen LogP contribution < -0.4 is 0 Å². The molecule has 0 aromatic rings. The van der Waals surface area contributed by atoms with Crippen molar-refractivity contribution in [2.75, 3.05) is 13.2 Å². The molecule has 0 rings (SSSR count). The van der Waals surface area contributed by atoms with Gasteiger partial charge in [-0.15, -0.1) is 0 Å². The SMILES string of the molecule is CC(C)CCCCCOC(=O)CCCCCCCCCCCC(=O)OCCCCCC(C)C. The third-order valence-electron chi connectivity index (χ3n) is 6.14. The molecule has 0 aromatic carbocycles. The van der Waals surface area contributed by atoms with E-state index >= 15 is 0 Å². The fourth-order valence-electron chi connectivity index (χ4n) is 3.96. The molecule has 0 radical (unpaired) electrons. The van der Waals surface area contributed by atoms with Crippen molar-refractivity contribution in [2.45, 2.75) is 150 Å². The molecule has 196 valence electrons. The van der Waals surface area contributed by atoms with Crippen LogP contribution in [-0.2, 0) is 19.1 Å². The van der Waals surface area contributed by atoms with Gasteiger partial charge < -0.3 is 9.47 Å². The predicted molar refractivity (Wildman–Crippen MR) is 139 cm³/mol. The third kappa shape index (κ3) is 27.1. The summed E-state index contributed by atoms with van der Waals surface area (Å²) < 4.78 is 10.6. The van der Waals surface area contributed by atoms with E-state index in [0.717, 1.165) is 63.2 Å². The summed E-state index contributed by atoms with van der Waals surface area (Å²) in [5.41, 5.74) is 0. The maximum atomic E-state index is 11.7. The smallest absolute Gasteiger partial charge is 0.305 e. The standard InChI is InChI=1S/C29H56O4/c1-26(2)20-14-12-18-24-32-28(30)22-16-10-8-6-5-7-9-11-17-23-29(31)33-25-19-13-15-21-27(3)4/h26-27H,5-25H2,1-4H3. The van der Waals surface area contributed by atoms with Gasteiger partial charge in [-0.3, -0.25) is 9.59 Å². The lowest BCUT2D eigenvalue weighted by Crippen LogP contribution is -2.05. The van der Waals surface area contributed by atoms with Gasteiger partial charge in [-0.05, 0) is 37.5 Å². The Morgan fingerprint density at radius 2 is 0.758 bits per heavy atom. The molecule has 0 spiro atoms. The zero-order chi connectivity index (χ0) is 24.6. The first-order valence-corrected chi connectivity index (χ1v) is 14.2. The lowest BCUT2D eigenvalue weighted by Gasteiger charge is -2.07. The summed E-state index contributed by atoms with van der Waals surface area (Å²) in [4.78, 5) is 23.5. The highest BCUT2D eigenvalue weighted by Gasteiger charge is 2.04. The van der Waals surface area contributed by atoms with Crippen LogP contribution in [0, 0.1) is 11.8 Å². The van der Waals surface area contributed by atoms with E-state index in [2.05, 4.69) is 27.7 Å². The van der Waals surface area contributed by atoms with Crippen LogP contribution in [0.3, 0.4) is 0 Å². The van der Waals surface area contributed by atoms with Crippen LogP contribution in [0.25, 0.3) is 0 Å². The Morgan fingerprint density at radius 1 is 0.455 bits per heavy atom. The summed E-state index contributed by atoms with van der Waals surface area (Å²) in [6.45, 7) is 10.2. The topological polar surface area (TPSA) is 52.6 Å². The quantitative estimate of drug-likeness (QED) is 0.105. The van der Waals surface area contributed by atoms with Crippen molar-refractivity contribution in [3.05, 3.63) is 0 Å². The lowest BCUT2D eigenvalue weighted by atomic mass is 10.1. The lowest BCUT2D eigenvalue weighted by molar-refractivity contribution is -0.144. The molecule has 33 heavy (non-hydrogen) atoms.